The lowest BCUT2D eigenvalue weighted by Gasteiger charge is -2.24. The van der Waals surface area contributed by atoms with Crippen LogP contribution in [-0.2, 0) is 14.3 Å². The van der Waals surface area contributed by atoms with Crippen molar-refractivity contribution in [2.75, 3.05) is 6.61 Å². The number of esters is 1. The molecule has 57 heavy (non-hydrogen) atoms. The number of carbonyl (C=O) groups is 2. The standard InChI is InChI=1S/C51H95NO5/c1-4-7-10-13-16-19-22-23-24-25-26-27-29-32-35-38-41-44-51(56)57-47(42-39-36-33-30-21-18-15-12-9-6-3)45-50(55)52-48(46-53)49(54)43-40-37-34-31-28-20-17-14-11-8-5-2/h16,18-19,21,23-24,47-49,53-54H,4-15,17,20,22,25-46H2,1-3H3,(H,52,55)/b19-16-,21-18-,24-23-. The van der Waals surface area contributed by atoms with Gasteiger partial charge in [-0.3, -0.25) is 9.59 Å². The lowest BCUT2D eigenvalue weighted by atomic mass is 10.0. The first-order valence-corrected chi connectivity index (χ1v) is 24.7. The molecule has 334 valence electrons. The van der Waals surface area contributed by atoms with E-state index < -0.39 is 18.2 Å². The molecule has 0 aliphatic carbocycles. The van der Waals surface area contributed by atoms with Gasteiger partial charge in [0.2, 0.25) is 5.91 Å². The number of hydrogen-bond donors (Lipinski definition) is 3. The molecule has 0 fully saturated rings. The van der Waals surface area contributed by atoms with Gasteiger partial charge in [-0.2, -0.15) is 0 Å². The van der Waals surface area contributed by atoms with Gasteiger partial charge in [0.05, 0.1) is 25.2 Å². The summed E-state index contributed by atoms with van der Waals surface area (Å²) < 4.78 is 5.90. The Morgan fingerprint density at radius 2 is 0.895 bits per heavy atom. The van der Waals surface area contributed by atoms with Gasteiger partial charge in [0.1, 0.15) is 6.10 Å². The Hall–Kier alpha value is -1.92. The van der Waals surface area contributed by atoms with E-state index in [1.807, 2.05) is 0 Å². The molecule has 0 saturated heterocycles. The van der Waals surface area contributed by atoms with Crippen LogP contribution in [0.1, 0.15) is 252 Å². The van der Waals surface area contributed by atoms with E-state index in [-0.39, 0.29) is 24.9 Å². The quantitative estimate of drug-likeness (QED) is 0.0324. The van der Waals surface area contributed by atoms with Crippen LogP contribution in [-0.4, -0.2) is 46.9 Å². The first-order valence-electron chi connectivity index (χ1n) is 24.7. The van der Waals surface area contributed by atoms with Crippen LogP contribution in [0.3, 0.4) is 0 Å². The minimum atomic E-state index is -0.789. The predicted octanol–water partition coefficient (Wildman–Crippen LogP) is 14.5. The highest BCUT2D eigenvalue weighted by Gasteiger charge is 2.24. The summed E-state index contributed by atoms with van der Waals surface area (Å²) >= 11 is 0. The van der Waals surface area contributed by atoms with Crippen LogP contribution < -0.4 is 5.32 Å². The largest absolute Gasteiger partial charge is 0.462 e. The number of allylic oxidation sites excluding steroid dienone is 6. The van der Waals surface area contributed by atoms with Crippen LogP contribution in [0.25, 0.3) is 0 Å². The number of rotatable bonds is 44. The van der Waals surface area contributed by atoms with Gasteiger partial charge in [0.15, 0.2) is 0 Å². The maximum absolute atomic E-state index is 13.1. The summed E-state index contributed by atoms with van der Waals surface area (Å²) in [6.45, 7) is 6.42. The lowest BCUT2D eigenvalue weighted by Crippen LogP contribution is -2.46. The molecule has 0 aromatic rings. The monoisotopic (exact) mass is 802 g/mol. The second-order valence-corrected chi connectivity index (χ2v) is 16.9. The van der Waals surface area contributed by atoms with Crippen LogP contribution in [0.2, 0.25) is 0 Å². The molecule has 0 heterocycles. The maximum atomic E-state index is 13.1. The van der Waals surface area contributed by atoms with E-state index in [1.54, 1.807) is 0 Å². The summed E-state index contributed by atoms with van der Waals surface area (Å²) in [5.74, 6) is -0.495. The van der Waals surface area contributed by atoms with Gasteiger partial charge in [0, 0.05) is 6.42 Å². The molecule has 6 heteroatoms. The van der Waals surface area contributed by atoms with E-state index in [4.69, 9.17) is 4.74 Å². The Balaban J connectivity index is 4.52. The molecule has 3 N–H and O–H groups in total. The van der Waals surface area contributed by atoms with E-state index in [0.717, 1.165) is 83.5 Å². The van der Waals surface area contributed by atoms with Crippen molar-refractivity contribution in [3.8, 4) is 0 Å². The molecule has 0 bridgehead atoms. The first kappa shape index (κ1) is 55.1. The number of ether oxygens (including phenoxy) is 1. The molecule has 0 aliphatic heterocycles. The van der Waals surface area contributed by atoms with E-state index >= 15 is 0 Å². The van der Waals surface area contributed by atoms with Crippen molar-refractivity contribution >= 4 is 11.9 Å². The Bertz CT molecular complexity index is 946. The molecule has 0 aromatic heterocycles. The van der Waals surface area contributed by atoms with Gasteiger partial charge < -0.3 is 20.3 Å². The summed E-state index contributed by atoms with van der Waals surface area (Å²) in [7, 11) is 0. The third kappa shape index (κ3) is 40.6. The molecule has 0 saturated carbocycles. The lowest BCUT2D eigenvalue weighted by molar-refractivity contribution is -0.151. The Morgan fingerprint density at radius 1 is 0.509 bits per heavy atom. The Labute approximate surface area is 353 Å². The van der Waals surface area contributed by atoms with Crippen LogP contribution in [0.5, 0.6) is 0 Å². The number of hydrogen-bond acceptors (Lipinski definition) is 5. The fourth-order valence-electron chi connectivity index (χ4n) is 7.40. The molecule has 0 radical (unpaired) electrons. The first-order chi connectivity index (χ1) is 28.0. The van der Waals surface area contributed by atoms with Gasteiger partial charge >= 0.3 is 5.97 Å². The molecule has 3 unspecified atom stereocenters. The zero-order chi connectivity index (χ0) is 41.7. The number of unbranched alkanes of at least 4 members (excludes halogenated alkanes) is 26. The maximum Gasteiger partial charge on any atom is 0.306 e. The highest BCUT2D eigenvalue weighted by atomic mass is 16.5. The van der Waals surface area contributed by atoms with E-state index in [9.17, 15) is 19.8 Å². The van der Waals surface area contributed by atoms with Crippen LogP contribution in [0, 0.1) is 0 Å². The van der Waals surface area contributed by atoms with Gasteiger partial charge in [0.25, 0.3) is 0 Å². The number of carbonyl (C=O) groups excluding carboxylic acids is 2. The van der Waals surface area contributed by atoms with Gasteiger partial charge in [-0.1, -0.05) is 192 Å². The SMILES string of the molecule is CCCCC/C=C\C/C=C\CCCCCCCCCC(=O)OC(CCCCC/C=C\CCCCC)CC(=O)NC(CO)C(O)CCCCCCCCCCCCC. The van der Waals surface area contributed by atoms with Crippen molar-refractivity contribution in [2.45, 2.75) is 270 Å². The summed E-state index contributed by atoms with van der Waals surface area (Å²) in [6.07, 6.45) is 52.0. The second kappa shape index (κ2) is 45.2. The smallest absolute Gasteiger partial charge is 0.306 e. The molecular formula is C51H95NO5. The molecule has 1 amide bonds. The number of aliphatic hydroxyl groups excluding tert-OH is 2. The number of nitrogens with one attached hydrogen (secondary N) is 1. The molecule has 0 rings (SSSR count). The summed E-state index contributed by atoms with van der Waals surface area (Å²) in [4.78, 5) is 26.0. The topological polar surface area (TPSA) is 95.9 Å². The zero-order valence-electron chi connectivity index (χ0n) is 38.0. The second-order valence-electron chi connectivity index (χ2n) is 16.9. The molecule has 0 aromatic carbocycles. The molecule has 3 atom stereocenters. The fourth-order valence-corrected chi connectivity index (χ4v) is 7.40. The van der Waals surface area contributed by atoms with E-state index in [2.05, 4.69) is 62.5 Å². The van der Waals surface area contributed by atoms with E-state index in [0.29, 0.717) is 19.3 Å². The van der Waals surface area contributed by atoms with E-state index in [1.165, 1.54) is 122 Å². The van der Waals surface area contributed by atoms with Crippen LogP contribution >= 0.6 is 0 Å². The minimum Gasteiger partial charge on any atom is -0.462 e. The summed E-state index contributed by atoms with van der Waals surface area (Å²) in [5, 5.41) is 23.7. The molecule has 6 nitrogen and oxygen atoms in total. The van der Waals surface area contributed by atoms with Gasteiger partial charge in [-0.05, 0) is 83.5 Å². The molecule has 0 spiro atoms. The van der Waals surface area contributed by atoms with Crippen molar-refractivity contribution in [1.29, 1.82) is 0 Å². The van der Waals surface area contributed by atoms with Crippen molar-refractivity contribution in [3.63, 3.8) is 0 Å². The highest BCUT2D eigenvalue weighted by Crippen LogP contribution is 2.17. The summed E-state index contributed by atoms with van der Waals surface area (Å²) in [6, 6.07) is -0.704. The normalized spacial score (nSPS) is 13.6. The van der Waals surface area contributed by atoms with Crippen LogP contribution in [0.15, 0.2) is 36.5 Å². The average Bonchev–Trinajstić information content (AvgIpc) is 3.20. The third-order valence-corrected chi connectivity index (χ3v) is 11.2. The van der Waals surface area contributed by atoms with Gasteiger partial charge in [-0.25, -0.2) is 0 Å². The molecular weight excluding hydrogens is 707 g/mol. The van der Waals surface area contributed by atoms with Gasteiger partial charge in [-0.15, -0.1) is 0 Å². The van der Waals surface area contributed by atoms with Crippen molar-refractivity contribution < 1.29 is 24.5 Å². The van der Waals surface area contributed by atoms with Crippen molar-refractivity contribution in [2.24, 2.45) is 0 Å². The van der Waals surface area contributed by atoms with Crippen molar-refractivity contribution in [3.05, 3.63) is 36.5 Å². The zero-order valence-corrected chi connectivity index (χ0v) is 38.0. The Kier molecular flexibility index (Phi) is 43.6. The van der Waals surface area contributed by atoms with Crippen LogP contribution in [0.4, 0.5) is 0 Å². The summed E-state index contributed by atoms with van der Waals surface area (Å²) in [5.41, 5.74) is 0. The minimum absolute atomic E-state index is 0.0652. The fraction of sp³-hybridized carbons (Fsp3) is 0.843. The average molecular weight is 802 g/mol. The molecule has 0 aliphatic rings. The van der Waals surface area contributed by atoms with Crippen molar-refractivity contribution in [1.82, 2.24) is 5.32 Å². The number of amides is 1. The Morgan fingerprint density at radius 3 is 1.40 bits per heavy atom. The number of aliphatic hydroxyl groups is 2. The predicted molar refractivity (Wildman–Crippen MR) is 246 cm³/mol. The highest BCUT2D eigenvalue weighted by molar-refractivity contribution is 5.77. The third-order valence-electron chi connectivity index (χ3n) is 11.2.